The summed E-state index contributed by atoms with van der Waals surface area (Å²) in [5.74, 6) is -0.312. The van der Waals surface area contributed by atoms with Crippen LogP contribution in [0.25, 0.3) is 0 Å². The van der Waals surface area contributed by atoms with Gasteiger partial charge < -0.3 is 9.47 Å². The van der Waals surface area contributed by atoms with E-state index >= 15 is 0 Å². The Bertz CT molecular complexity index is 293. The zero-order chi connectivity index (χ0) is 16.4. The van der Waals surface area contributed by atoms with E-state index in [9.17, 15) is 9.59 Å². The van der Waals surface area contributed by atoms with Gasteiger partial charge in [-0.3, -0.25) is 9.59 Å². The lowest BCUT2D eigenvalue weighted by atomic mass is 9.87. The van der Waals surface area contributed by atoms with Crippen LogP contribution in [0.1, 0.15) is 67.7 Å². The molecule has 0 saturated heterocycles. The first-order valence-corrected chi connectivity index (χ1v) is 7.20. The molecule has 0 saturated carbocycles. The highest BCUT2D eigenvalue weighted by molar-refractivity contribution is 5.69. The molecule has 0 heterocycles. The highest BCUT2D eigenvalue weighted by atomic mass is 16.5. The average molecular weight is 288 g/mol. The Labute approximate surface area is 124 Å². The maximum Gasteiger partial charge on any atom is 0.306 e. The minimum Gasteiger partial charge on any atom is -0.469 e. The fraction of sp³-hybridized carbons (Fsp3) is 0.875. The van der Waals surface area contributed by atoms with Crippen LogP contribution in [0.2, 0.25) is 0 Å². The van der Waals surface area contributed by atoms with E-state index in [2.05, 4.69) is 46.3 Å². The summed E-state index contributed by atoms with van der Waals surface area (Å²) in [6.45, 7) is 14.4. The number of rotatable bonds is 6. The predicted octanol–water partition coefficient (Wildman–Crippen LogP) is 3.97. The second kappa shape index (κ2) is 9.78. The maximum absolute atomic E-state index is 10.8. The van der Waals surface area contributed by atoms with Crippen LogP contribution in [0.3, 0.4) is 0 Å². The van der Waals surface area contributed by atoms with Gasteiger partial charge in [0.05, 0.1) is 20.1 Å². The standard InChI is InChI=1S/2C8H16O2/c1-5-8(2,3)6-7(9)10-4;1-5-8(3,4)6-10-7(2)9/h2*5-6H2,1-4H3. The SMILES string of the molecule is CCC(C)(C)CC(=O)OC.CCC(C)(C)COC(C)=O. The summed E-state index contributed by atoms with van der Waals surface area (Å²) in [5, 5.41) is 0. The Morgan fingerprint density at radius 3 is 1.70 bits per heavy atom. The van der Waals surface area contributed by atoms with Gasteiger partial charge in [-0.2, -0.15) is 0 Å². The molecule has 0 aromatic heterocycles. The third-order valence-electron chi connectivity index (χ3n) is 3.43. The molecule has 20 heavy (non-hydrogen) atoms. The van der Waals surface area contributed by atoms with E-state index in [-0.39, 0.29) is 22.8 Å². The molecule has 0 N–H and O–H groups in total. The first-order chi connectivity index (χ1) is 8.99. The second-order valence-corrected chi connectivity index (χ2v) is 6.57. The van der Waals surface area contributed by atoms with Gasteiger partial charge in [-0.05, 0) is 17.3 Å². The summed E-state index contributed by atoms with van der Waals surface area (Å²) < 4.78 is 9.41. The fourth-order valence-electron chi connectivity index (χ4n) is 0.987. The topological polar surface area (TPSA) is 52.6 Å². The summed E-state index contributed by atoms with van der Waals surface area (Å²) in [7, 11) is 1.42. The van der Waals surface area contributed by atoms with E-state index in [1.807, 2.05) is 0 Å². The molecule has 4 nitrogen and oxygen atoms in total. The number of carbonyl (C=O) groups is 2. The number of hydrogen-bond acceptors (Lipinski definition) is 4. The van der Waals surface area contributed by atoms with Crippen molar-refractivity contribution in [2.45, 2.75) is 67.7 Å². The number of esters is 2. The summed E-state index contributed by atoms with van der Waals surface area (Å²) in [5.41, 5.74) is 0.221. The first kappa shape index (κ1) is 21.2. The Kier molecular flexibility index (Phi) is 10.4. The first-order valence-electron chi connectivity index (χ1n) is 7.20. The molecule has 0 aliphatic carbocycles. The minimum absolute atomic E-state index is 0.0904. The lowest BCUT2D eigenvalue weighted by molar-refractivity contribution is -0.144. The van der Waals surface area contributed by atoms with Gasteiger partial charge in [-0.25, -0.2) is 0 Å². The van der Waals surface area contributed by atoms with Crippen molar-refractivity contribution in [1.82, 2.24) is 0 Å². The zero-order valence-electron chi connectivity index (χ0n) is 14.5. The van der Waals surface area contributed by atoms with Gasteiger partial charge in [0.1, 0.15) is 0 Å². The third kappa shape index (κ3) is 13.4. The van der Waals surface area contributed by atoms with E-state index in [0.717, 1.165) is 12.8 Å². The molecule has 0 atom stereocenters. The summed E-state index contributed by atoms with van der Waals surface area (Å²) >= 11 is 0. The Morgan fingerprint density at radius 1 is 0.950 bits per heavy atom. The molecule has 0 radical (unpaired) electrons. The average Bonchev–Trinajstić information content (AvgIpc) is 2.37. The molecule has 0 aliphatic heterocycles. The lowest BCUT2D eigenvalue weighted by Gasteiger charge is -2.21. The molecule has 0 bridgehead atoms. The quantitative estimate of drug-likeness (QED) is 0.694. The Morgan fingerprint density at radius 2 is 1.40 bits per heavy atom. The summed E-state index contributed by atoms with van der Waals surface area (Å²) in [6, 6.07) is 0. The number of methoxy groups -OCH3 is 1. The van der Waals surface area contributed by atoms with E-state index in [4.69, 9.17) is 4.74 Å². The van der Waals surface area contributed by atoms with Crippen LogP contribution in [0, 0.1) is 10.8 Å². The van der Waals surface area contributed by atoms with E-state index in [1.54, 1.807) is 0 Å². The van der Waals surface area contributed by atoms with Gasteiger partial charge >= 0.3 is 11.9 Å². The monoisotopic (exact) mass is 288 g/mol. The minimum atomic E-state index is -0.193. The molecular weight excluding hydrogens is 256 g/mol. The maximum atomic E-state index is 10.8. The smallest absolute Gasteiger partial charge is 0.306 e. The number of carbonyl (C=O) groups excluding carboxylic acids is 2. The molecule has 0 fully saturated rings. The Balaban J connectivity index is 0. The van der Waals surface area contributed by atoms with Crippen molar-refractivity contribution in [3.63, 3.8) is 0 Å². The van der Waals surface area contributed by atoms with Crippen LogP contribution in [-0.4, -0.2) is 25.7 Å². The molecule has 0 amide bonds. The van der Waals surface area contributed by atoms with Crippen molar-refractivity contribution < 1.29 is 19.1 Å². The molecule has 0 aromatic rings. The van der Waals surface area contributed by atoms with Gasteiger partial charge in [0.15, 0.2) is 0 Å². The van der Waals surface area contributed by atoms with Crippen LogP contribution in [0.4, 0.5) is 0 Å². The summed E-state index contributed by atoms with van der Waals surface area (Å²) in [6.07, 6.45) is 2.54. The summed E-state index contributed by atoms with van der Waals surface area (Å²) in [4.78, 5) is 21.1. The van der Waals surface area contributed by atoms with Gasteiger partial charge in [0, 0.05) is 6.92 Å². The normalized spacial score (nSPS) is 11.2. The van der Waals surface area contributed by atoms with Gasteiger partial charge in [0.25, 0.3) is 0 Å². The lowest BCUT2D eigenvalue weighted by Crippen LogP contribution is -2.19. The molecule has 120 valence electrons. The van der Waals surface area contributed by atoms with Crippen LogP contribution in [-0.2, 0) is 19.1 Å². The third-order valence-corrected chi connectivity index (χ3v) is 3.43. The van der Waals surface area contributed by atoms with Crippen LogP contribution >= 0.6 is 0 Å². The largest absolute Gasteiger partial charge is 0.469 e. The zero-order valence-corrected chi connectivity index (χ0v) is 14.5. The van der Waals surface area contributed by atoms with E-state index < -0.39 is 0 Å². The predicted molar refractivity (Wildman–Crippen MR) is 81.4 cm³/mol. The molecular formula is C16H32O4. The van der Waals surface area contributed by atoms with Crippen molar-refractivity contribution >= 4 is 11.9 Å². The molecule has 4 heteroatoms. The molecule has 0 aromatic carbocycles. The molecule has 0 rings (SSSR count). The van der Waals surface area contributed by atoms with Gasteiger partial charge in [0.2, 0.25) is 0 Å². The van der Waals surface area contributed by atoms with Crippen molar-refractivity contribution in [2.75, 3.05) is 13.7 Å². The molecule has 0 aliphatic rings. The highest BCUT2D eigenvalue weighted by Gasteiger charge is 2.19. The molecule has 0 unspecified atom stereocenters. The highest BCUT2D eigenvalue weighted by Crippen LogP contribution is 2.24. The fourth-order valence-corrected chi connectivity index (χ4v) is 0.987. The second-order valence-electron chi connectivity index (χ2n) is 6.57. The Hall–Kier alpha value is -1.06. The molecule has 0 spiro atoms. The van der Waals surface area contributed by atoms with Crippen molar-refractivity contribution in [1.29, 1.82) is 0 Å². The van der Waals surface area contributed by atoms with Crippen LogP contribution < -0.4 is 0 Å². The van der Waals surface area contributed by atoms with Gasteiger partial charge in [-0.1, -0.05) is 48.0 Å². The van der Waals surface area contributed by atoms with Crippen molar-refractivity contribution in [3.05, 3.63) is 0 Å². The van der Waals surface area contributed by atoms with Crippen LogP contribution in [0.5, 0.6) is 0 Å². The van der Waals surface area contributed by atoms with E-state index in [1.165, 1.54) is 14.0 Å². The number of ether oxygens (including phenoxy) is 2. The van der Waals surface area contributed by atoms with E-state index in [0.29, 0.717) is 13.0 Å². The number of hydrogen-bond donors (Lipinski definition) is 0. The van der Waals surface area contributed by atoms with Crippen molar-refractivity contribution in [3.8, 4) is 0 Å². The van der Waals surface area contributed by atoms with Crippen LogP contribution in [0.15, 0.2) is 0 Å². The van der Waals surface area contributed by atoms with Gasteiger partial charge in [-0.15, -0.1) is 0 Å². The van der Waals surface area contributed by atoms with Crippen molar-refractivity contribution in [2.24, 2.45) is 10.8 Å².